The standard InChI is InChI=1S/C15H12NO5/c1-20-14-7-12(9-17)13(16(18)19)8-15(14)21-10-11-5-3-2-4-6-11/h2-8H,10H2,1H3. The van der Waals surface area contributed by atoms with Gasteiger partial charge in [-0.1, -0.05) is 30.3 Å². The second-order valence-electron chi connectivity index (χ2n) is 4.15. The van der Waals surface area contributed by atoms with Crippen molar-refractivity contribution in [3.63, 3.8) is 0 Å². The molecule has 0 amide bonds. The average Bonchev–Trinajstić information content (AvgIpc) is 2.52. The van der Waals surface area contributed by atoms with E-state index >= 15 is 0 Å². The van der Waals surface area contributed by atoms with Crippen molar-refractivity contribution in [2.75, 3.05) is 7.11 Å². The van der Waals surface area contributed by atoms with Gasteiger partial charge in [0.15, 0.2) is 11.5 Å². The van der Waals surface area contributed by atoms with Gasteiger partial charge in [-0.3, -0.25) is 14.9 Å². The van der Waals surface area contributed by atoms with Crippen LogP contribution in [0.1, 0.15) is 11.1 Å². The predicted molar refractivity (Wildman–Crippen MR) is 75.2 cm³/mol. The molecule has 0 unspecified atom stereocenters. The van der Waals surface area contributed by atoms with Crippen LogP contribution in [0.5, 0.6) is 11.5 Å². The monoisotopic (exact) mass is 286 g/mol. The quantitative estimate of drug-likeness (QED) is 0.602. The van der Waals surface area contributed by atoms with E-state index in [-0.39, 0.29) is 29.4 Å². The first-order valence-corrected chi connectivity index (χ1v) is 6.07. The smallest absolute Gasteiger partial charge is 0.284 e. The highest BCUT2D eigenvalue weighted by Gasteiger charge is 2.20. The molecule has 0 saturated carbocycles. The molecular formula is C15H12NO5. The van der Waals surface area contributed by atoms with Crippen LogP contribution in [0.3, 0.4) is 0 Å². The molecular weight excluding hydrogens is 274 g/mol. The minimum Gasteiger partial charge on any atom is -0.493 e. The Labute approximate surface area is 121 Å². The van der Waals surface area contributed by atoms with Gasteiger partial charge in [0.2, 0.25) is 6.29 Å². The molecule has 2 rings (SSSR count). The van der Waals surface area contributed by atoms with Crippen LogP contribution in [0.15, 0.2) is 42.5 Å². The zero-order chi connectivity index (χ0) is 15.2. The Hall–Kier alpha value is -2.89. The Kier molecular flexibility index (Phi) is 4.50. The zero-order valence-electron chi connectivity index (χ0n) is 11.2. The molecule has 2 aromatic carbocycles. The van der Waals surface area contributed by atoms with Crippen molar-refractivity contribution in [1.29, 1.82) is 0 Å². The molecule has 0 atom stereocenters. The predicted octanol–water partition coefficient (Wildman–Crippen LogP) is 2.64. The highest BCUT2D eigenvalue weighted by molar-refractivity contribution is 5.83. The topological polar surface area (TPSA) is 78.7 Å². The van der Waals surface area contributed by atoms with Crippen LogP contribution < -0.4 is 9.47 Å². The zero-order valence-corrected chi connectivity index (χ0v) is 11.2. The maximum atomic E-state index is 10.9. The number of benzene rings is 2. The first-order valence-electron chi connectivity index (χ1n) is 6.07. The molecule has 21 heavy (non-hydrogen) atoms. The highest BCUT2D eigenvalue weighted by Crippen LogP contribution is 2.34. The van der Waals surface area contributed by atoms with Gasteiger partial charge in [0.25, 0.3) is 5.69 Å². The van der Waals surface area contributed by atoms with Gasteiger partial charge in [-0.25, -0.2) is 0 Å². The Morgan fingerprint density at radius 3 is 2.48 bits per heavy atom. The van der Waals surface area contributed by atoms with Crippen molar-refractivity contribution in [1.82, 2.24) is 0 Å². The Balaban J connectivity index is 2.31. The fourth-order valence-corrected chi connectivity index (χ4v) is 1.79. The molecule has 0 bridgehead atoms. The van der Waals surface area contributed by atoms with Crippen LogP contribution >= 0.6 is 0 Å². The third-order valence-electron chi connectivity index (χ3n) is 2.83. The van der Waals surface area contributed by atoms with Crippen LogP contribution in [0.2, 0.25) is 0 Å². The lowest BCUT2D eigenvalue weighted by molar-refractivity contribution is -0.385. The van der Waals surface area contributed by atoms with E-state index in [1.807, 2.05) is 30.3 Å². The number of rotatable bonds is 6. The maximum Gasteiger partial charge on any atom is 0.284 e. The molecule has 0 aliphatic rings. The summed E-state index contributed by atoms with van der Waals surface area (Å²) in [6, 6.07) is 11.8. The lowest BCUT2D eigenvalue weighted by Gasteiger charge is -2.11. The maximum absolute atomic E-state index is 10.9. The van der Waals surface area contributed by atoms with Crippen LogP contribution in [-0.2, 0) is 11.4 Å². The van der Waals surface area contributed by atoms with Gasteiger partial charge in [0.1, 0.15) is 12.2 Å². The normalized spacial score (nSPS) is 9.95. The molecule has 0 heterocycles. The van der Waals surface area contributed by atoms with Crippen LogP contribution in [-0.4, -0.2) is 18.3 Å². The van der Waals surface area contributed by atoms with Crippen molar-refractivity contribution < 1.29 is 19.2 Å². The van der Waals surface area contributed by atoms with E-state index < -0.39 is 4.92 Å². The van der Waals surface area contributed by atoms with Gasteiger partial charge in [-0.05, 0) is 5.56 Å². The lowest BCUT2D eigenvalue weighted by atomic mass is 10.1. The lowest BCUT2D eigenvalue weighted by Crippen LogP contribution is -2.01. The van der Waals surface area contributed by atoms with Gasteiger partial charge >= 0.3 is 0 Å². The number of carbonyl (C=O) groups excluding carboxylic acids is 1. The van der Waals surface area contributed by atoms with Crippen molar-refractivity contribution >= 4 is 12.0 Å². The molecule has 2 aromatic rings. The number of nitro benzene ring substituents is 1. The van der Waals surface area contributed by atoms with Gasteiger partial charge in [0, 0.05) is 6.07 Å². The molecule has 0 saturated heterocycles. The number of hydrogen-bond donors (Lipinski definition) is 0. The molecule has 6 heteroatoms. The van der Waals surface area contributed by atoms with Crippen LogP contribution in [0.25, 0.3) is 0 Å². The number of nitrogens with zero attached hydrogens (tertiary/aromatic N) is 1. The highest BCUT2D eigenvalue weighted by atomic mass is 16.6. The van der Waals surface area contributed by atoms with Crippen molar-refractivity contribution in [3.05, 3.63) is 63.7 Å². The van der Waals surface area contributed by atoms with E-state index in [0.29, 0.717) is 0 Å². The average molecular weight is 286 g/mol. The van der Waals surface area contributed by atoms with Gasteiger partial charge < -0.3 is 9.47 Å². The summed E-state index contributed by atoms with van der Waals surface area (Å²) in [6.07, 6.45) is 1.53. The molecule has 0 aliphatic carbocycles. The number of ether oxygens (including phenoxy) is 2. The number of nitro groups is 1. The summed E-state index contributed by atoms with van der Waals surface area (Å²) in [6.45, 7) is 0.235. The summed E-state index contributed by atoms with van der Waals surface area (Å²) < 4.78 is 10.6. The summed E-state index contributed by atoms with van der Waals surface area (Å²) in [7, 11) is 1.39. The SMILES string of the molecule is COc1cc([C]=O)c([N+](=O)[O-])cc1OCc1ccccc1. The Morgan fingerprint density at radius 1 is 1.19 bits per heavy atom. The second-order valence-corrected chi connectivity index (χ2v) is 4.15. The first-order chi connectivity index (χ1) is 10.2. The van der Waals surface area contributed by atoms with E-state index in [0.717, 1.165) is 5.56 Å². The van der Waals surface area contributed by atoms with Gasteiger partial charge in [-0.15, -0.1) is 0 Å². The van der Waals surface area contributed by atoms with E-state index in [4.69, 9.17) is 9.47 Å². The largest absolute Gasteiger partial charge is 0.493 e. The summed E-state index contributed by atoms with van der Waals surface area (Å²) in [4.78, 5) is 21.0. The fraction of sp³-hybridized carbons (Fsp3) is 0.133. The van der Waals surface area contributed by atoms with E-state index in [2.05, 4.69) is 0 Å². The van der Waals surface area contributed by atoms with E-state index in [1.54, 1.807) is 0 Å². The number of methoxy groups -OCH3 is 1. The summed E-state index contributed by atoms with van der Waals surface area (Å²) >= 11 is 0. The minimum absolute atomic E-state index is 0.177. The Morgan fingerprint density at radius 2 is 1.90 bits per heavy atom. The second kappa shape index (κ2) is 6.51. The first kappa shape index (κ1) is 14.5. The van der Waals surface area contributed by atoms with Gasteiger partial charge in [0.05, 0.1) is 18.1 Å². The third-order valence-corrected chi connectivity index (χ3v) is 2.83. The van der Waals surface area contributed by atoms with E-state index in [9.17, 15) is 14.9 Å². The van der Waals surface area contributed by atoms with Crippen LogP contribution in [0.4, 0.5) is 5.69 Å². The van der Waals surface area contributed by atoms with Crippen molar-refractivity contribution in [2.24, 2.45) is 0 Å². The summed E-state index contributed by atoms with van der Waals surface area (Å²) in [5.74, 6) is 0.446. The molecule has 0 aromatic heterocycles. The molecule has 6 nitrogen and oxygen atoms in total. The molecule has 0 fully saturated rings. The molecule has 1 radical (unpaired) electrons. The molecule has 0 aliphatic heterocycles. The molecule has 107 valence electrons. The fourth-order valence-electron chi connectivity index (χ4n) is 1.79. The summed E-state index contributed by atoms with van der Waals surface area (Å²) in [5.41, 5.74) is 0.367. The Bertz CT molecular complexity index is 655. The third kappa shape index (κ3) is 3.36. The van der Waals surface area contributed by atoms with Crippen molar-refractivity contribution in [3.8, 4) is 11.5 Å². The van der Waals surface area contributed by atoms with Crippen molar-refractivity contribution in [2.45, 2.75) is 6.61 Å². The van der Waals surface area contributed by atoms with Gasteiger partial charge in [-0.2, -0.15) is 0 Å². The number of hydrogen-bond acceptors (Lipinski definition) is 5. The van der Waals surface area contributed by atoms with E-state index in [1.165, 1.54) is 25.5 Å². The summed E-state index contributed by atoms with van der Waals surface area (Å²) in [5, 5.41) is 10.9. The van der Waals surface area contributed by atoms with Crippen LogP contribution in [0, 0.1) is 10.1 Å². The minimum atomic E-state index is -0.658. The molecule has 0 spiro atoms. The molecule has 0 N–H and O–H groups in total.